The minimum Gasteiger partial charge on any atom is -0.493 e. The third-order valence-corrected chi connectivity index (χ3v) is 2.92. The zero-order chi connectivity index (χ0) is 17.1. The molecule has 1 rings (SSSR count). The SMILES string of the molecule is CCCCCOC(=O)/C=C/C(=O)Oc1ccc(OC)c(OC)c1. The van der Waals surface area contributed by atoms with E-state index in [1.165, 1.54) is 20.3 Å². The topological polar surface area (TPSA) is 71.1 Å². The second kappa shape index (κ2) is 10.3. The van der Waals surface area contributed by atoms with Crippen LogP contribution in [0.5, 0.6) is 17.2 Å². The first-order chi connectivity index (χ1) is 11.1. The fourth-order valence-corrected chi connectivity index (χ4v) is 1.74. The lowest BCUT2D eigenvalue weighted by Crippen LogP contribution is -2.07. The average Bonchev–Trinajstić information content (AvgIpc) is 2.56. The van der Waals surface area contributed by atoms with Gasteiger partial charge in [0.05, 0.1) is 20.8 Å². The van der Waals surface area contributed by atoms with Crippen molar-refractivity contribution in [2.45, 2.75) is 26.2 Å². The van der Waals surface area contributed by atoms with Crippen LogP contribution in [0.1, 0.15) is 26.2 Å². The van der Waals surface area contributed by atoms with Gasteiger partial charge in [-0.3, -0.25) is 0 Å². The number of hydrogen-bond donors (Lipinski definition) is 0. The maximum absolute atomic E-state index is 11.7. The number of esters is 2. The van der Waals surface area contributed by atoms with Gasteiger partial charge in [0.2, 0.25) is 0 Å². The van der Waals surface area contributed by atoms with Gasteiger partial charge in [-0.15, -0.1) is 0 Å². The Labute approximate surface area is 136 Å². The van der Waals surface area contributed by atoms with Gasteiger partial charge in [0.1, 0.15) is 5.75 Å². The molecule has 1 aromatic carbocycles. The van der Waals surface area contributed by atoms with Crippen LogP contribution < -0.4 is 14.2 Å². The van der Waals surface area contributed by atoms with E-state index >= 15 is 0 Å². The number of ether oxygens (including phenoxy) is 4. The summed E-state index contributed by atoms with van der Waals surface area (Å²) in [5, 5.41) is 0. The highest BCUT2D eigenvalue weighted by Gasteiger charge is 2.08. The summed E-state index contributed by atoms with van der Waals surface area (Å²) in [6.45, 7) is 2.41. The van der Waals surface area contributed by atoms with Crippen LogP contribution >= 0.6 is 0 Å². The summed E-state index contributed by atoms with van der Waals surface area (Å²) in [6.07, 6.45) is 4.93. The Morgan fingerprint density at radius 2 is 1.70 bits per heavy atom. The van der Waals surface area contributed by atoms with Gasteiger partial charge >= 0.3 is 11.9 Å². The van der Waals surface area contributed by atoms with E-state index in [4.69, 9.17) is 18.9 Å². The Bertz CT molecular complexity index is 550. The first-order valence-corrected chi connectivity index (χ1v) is 7.39. The van der Waals surface area contributed by atoms with Crippen molar-refractivity contribution < 1.29 is 28.5 Å². The van der Waals surface area contributed by atoms with Gasteiger partial charge in [0.25, 0.3) is 0 Å². The molecule has 6 nitrogen and oxygen atoms in total. The molecule has 0 saturated carbocycles. The van der Waals surface area contributed by atoms with Crippen molar-refractivity contribution >= 4 is 11.9 Å². The molecular weight excluding hydrogens is 300 g/mol. The van der Waals surface area contributed by atoms with Gasteiger partial charge in [-0.1, -0.05) is 19.8 Å². The van der Waals surface area contributed by atoms with E-state index in [9.17, 15) is 9.59 Å². The van der Waals surface area contributed by atoms with Gasteiger partial charge in [-0.05, 0) is 18.6 Å². The molecular formula is C17H22O6. The Hall–Kier alpha value is -2.50. The molecule has 0 fully saturated rings. The van der Waals surface area contributed by atoms with Crippen LogP contribution in [0.3, 0.4) is 0 Å². The molecule has 0 amide bonds. The van der Waals surface area contributed by atoms with Crippen LogP contribution in [0.4, 0.5) is 0 Å². The van der Waals surface area contributed by atoms with Gasteiger partial charge in [-0.25, -0.2) is 9.59 Å². The smallest absolute Gasteiger partial charge is 0.336 e. The second-order valence-electron chi connectivity index (χ2n) is 4.65. The van der Waals surface area contributed by atoms with Gasteiger partial charge in [-0.2, -0.15) is 0 Å². The second-order valence-corrected chi connectivity index (χ2v) is 4.65. The zero-order valence-electron chi connectivity index (χ0n) is 13.7. The number of unbranched alkanes of at least 4 members (excludes halogenated alkanes) is 2. The van der Waals surface area contributed by atoms with E-state index in [0.29, 0.717) is 18.1 Å². The van der Waals surface area contributed by atoms with E-state index in [2.05, 4.69) is 6.92 Å². The van der Waals surface area contributed by atoms with E-state index in [1.807, 2.05) is 0 Å². The molecule has 0 bridgehead atoms. The number of benzene rings is 1. The number of carbonyl (C=O) groups excluding carboxylic acids is 2. The Morgan fingerprint density at radius 3 is 2.35 bits per heavy atom. The fraction of sp³-hybridized carbons (Fsp3) is 0.412. The van der Waals surface area contributed by atoms with Gasteiger partial charge < -0.3 is 18.9 Å². The van der Waals surface area contributed by atoms with Gasteiger partial charge in [0.15, 0.2) is 11.5 Å². The highest BCUT2D eigenvalue weighted by Crippen LogP contribution is 2.30. The van der Waals surface area contributed by atoms with Crippen molar-refractivity contribution in [3.8, 4) is 17.2 Å². The lowest BCUT2D eigenvalue weighted by molar-refractivity contribution is -0.138. The zero-order valence-corrected chi connectivity index (χ0v) is 13.7. The molecule has 0 atom stereocenters. The monoisotopic (exact) mass is 322 g/mol. The van der Waals surface area contributed by atoms with Crippen LogP contribution in [-0.4, -0.2) is 32.8 Å². The molecule has 0 unspecified atom stereocenters. The van der Waals surface area contributed by atoms with Crippen LogP contribution in [0.25, 0.3) is 0 Å². The standard InChI is InChI=1S/C17H22O6/c1-4-5-6-11-22-16(18)9-10-17(19)23-13-7-8-14(20-2)15(12-13)21-3/h7-10,12H,4-6,11H2,1-3H3/b10-9+. The number of methoxy groups -OCH3 is 2. The molecule has 0 aliphatic rings. The quantitative estimate of drug-likeness (QED) is 0.301. The van der Waals surface area contributed by atoms with Crippen LogP contribution in [-0.2, 0) is 14.3 Å². The van der Waals surface area contributed by atoms with Gasteiger partial charge in [0, 0.05) is 18.2 Å². The molecule has 0 radical (unpaired) electrons. The van der Waals surface area contributed by atoms with Crippen molar-refractivity contribution in [2.24, 2.45) is 0 Å². The van der Waals surface area contributed by atoms with Crippen molar-refractivity contribution in [2.75, 3.05) is 20.8 Å². The summed E-state index contributed by atoms with van der Waals surface area (Å²) in [7, 11) is 3.00. The Balaban J connectivity index is 2.49. The molecule has 0 aromatic heterocycles. The highest BCUT2D eigenvalue weighted by atomic mass is 16.5. The van der Waals surface area contributed by atoms with E-state index < -0.39 is 11.9 Å². The molecule has 0 aliphatic heterocycles. The predicted octanol–water partition coefficient (Wildman–Crippen LogP) is 2.90. The molecule has 0 N–H and O–H groups in total. The van der Waals surface area contributed by atoms with Crippen molar-refractivity contribution in [1.82, 2.24) is 0 Å². The van der Waals surface area contributed by atoms with E-state index in [1.54, 1.807) is 12.1 Å². The summed E-state index contributed by atoms with van der Waals surface area (Å²) in [5.74, 6) is 0.0114. The predicted molar refractivity (Wildman–Crippen MR) is 84.8 cm³/mol. The Morgan fingerprint density at radius 1 is 1.00 bits per heavy atom. The highest BCUT2D eigenvalue weighted by molar-refractivity contribution is 5.92. The fourth-order valence-electron chi connectivity index (χ4n) is 1.74. The van der Waals surface area contributed by atoms with Crippen LogP contribution in [0.15, 0.2) is 30.4 Å². The molecule has 0 saturated heterocycles. The van der Waals surface area contributed by atoms with Crippen LogP contribution in [0.2, 0.25) is 0 Å². The molecule has 6 heteroatoms. The molecule has 0 spiro atoms. The number of hydrogen-bond acceptors (Lipinski definition) is 6. The van der Waals surface area contributed by atoms with Crippen molar-refractivity contribution in [1.29, 1.82) is 0 Å². The summed E-state index contributed by atoms with van der Waals surface area (Å²) >= 11 is 0. The Kier molecular flexibility index (Phi) is 8.28. The van der Waals surface area contributed by atoms with Crippen molar-refractivity contribution in [3.05, 3.63) is 30.4 Å². The first-order valence-electron chi connectivity index (χ1n) is 7.39. The third kappa shape index (κ3) is 6.86. The summed E-state index contributed by atoms with van der Waals surface area (Å²) in [4.78, 5) is 23.1. The van der Waals surface area contributed by atoms with E-state index in [-0.39, 0.29) is 5.75 Å². The summed E-state index contributed by atoms with van der Waals surface area (Å²) < 4.78 is 20.2. The summed E-state index contributed by atoms with van der Waals surface area (Å²) in [6, 6.07) is 4.71. The molecule has 126 valence electrons. The number of rotatable bonds is 9. The summed E-state index contributed by atoms with van der Waals surface area (Å²) in [5.41, 5.74) is 0. The average molecular weight is 322 g/mol. The minimum absolute atomic E-state index is 0.286. The maximum atomic E-state index is 11.7. The lowest BCUT2D eigenvalue weighted by Gasteiger charge is -2.08. The first kappa shape index (κ1) is 18.5. The molecule has 0 aliphatic carbocycles. The maximum Gasteiger partial charge on any atom is 0.336 e. The van der Waals surface area contributed by atoms with Crippen LogP contribution in [0, 0.1) is 0 Å². The number of carbonyl (C=O) groups is 2. The third-order valence-electron chi connectivity index (χ3n) is 2.92. The minimum atomic E-state index is -0.678. The molecule has 23 heavy (non-hydrogen) atoms. The molecule has 1 aromatic rings. The van der Waals surface area contributed by atoms with Crippen molar-refractivity contribution in [3.63, 3.8) is 0 Å². The largest absolute Gasteiger partial charge is 0.493 e. The lowest BCUT2D eigenvalue weighted by atomic mass is 10.3. The van der Waals surface area contributed by atoms with E-state index in [0.717, 1.165) is 31.4 Å². The molecule has 0 heterocycles. The normalized spacial score (nSPS) is 10.4.